The first-order valence-electron chi connectivity index (χ1n) is 4.74. The van der Waals surface area contributed by atoms with Gasteiger partial charge in [0.2, 0.25) is 0 Å². The number of aliphatic hydroxyl groups is 1. The molecule has 0 aliphatic heterocycles. The van der Waals surface area contributed by atoms with Crippen LogP contribution in [-0.4, -0.2) is 23.7 Å². The summed E-state index contributed by atoms with van der Waals surface area (Å²) in [7, 11) is 1.90. The van der Waals surface area contributed by atoms with Crippen LogP contribution in [0.3, 0.4) is 0 Å². The summed E-state index contributed by atoms with van der Waals surface area (Å²) in [6.45, 7) is 0.188. The molecular weight excluding hydrogens is 176 g/mol. The van der Waals surface area contributed by atoms with Gasteiger partial charge in [0, 0.05) is 36.4 Å². The summed E-state index contributed by atoms with van der Waals surface area (Å²) in [6, 6.07) is 6.18. The molecule has 1 aromatic heterocycles. The van der Waals surface area contributed by atoms with Crippen LogP contribution in [0.1, 0.15) is 5.56 Å². The average Bonchev–Trinajstić information content (AvgIpc) is 2.66. The largest absolute Gasteiger partial charge is 0.396 e. The highest BCUT2D eigenvalue weighted by molar-refractivity contribution is 5.86. The molecule has 0 atom stereocenters. The van der Waals surface area contributed by atoms with E-state index >= 15 is 0 Å². The molecule has 0 saturated carbocycles. The maximum atomic E-state index is 8.95. The molecule has 2 rings (SSSR count). The first kappa shape index (κ1) is 9.09. The number of anilines is 1. The van der Waals surface area contributed by atoms with Crippen LogP contribution in [0.2, 0.25) is 0 Å². The van der Waals surface area contributed by atoms with Crippen molar-refractivity contribution in [2.75, 3.05) is 19.0 Å². The number of hydrogen-bond donors (Lipinski definition) is 3. The Morgan fingerprint density at radius 3 is 3.00 bits per heavy atom. The van der Waals surface area contributed by atoms with E-state index < -0.39 is 0 Å². The van der Waals surface area contributed by atoms with E-state index in [9.17, 15) is 0 Å². The minimum atomic E-state index is 0.188. The normalized spacial score (nSPS) is 10.7. The van der Waals surface area contributed by atoms with Crippen LogP contribution in [-0.2, 0) is 6.42 Å². The zero-order valence-electron chi connectivity index (χ0n) is 8.17. The Kier molecular flexibility index (Phi) is 2.41. The van der Waals surface area contributed by atoms with Crippen molar-refractivity contribution >= 4 is 16.6 Å². The molecule has 74 valence electrons. The van der Waals surface area contributed by atoms with Gasteiger partial charge in [-0.1, -0.05) is 0 Å². The van der Waals surface area contributed by atoms with E-state index in [4.69, 9.17) is 5.11 Å². The van der Waals surface area contributed by atoms with Crippen molar-refractivity contribution < 1.29 is 5.11 Å². The van der Waals surface area contributed by atoms with Gasteiger partial charge in [0.1, 0.15) is 0 Å². The van der Waals surface area contributed by atoms with E-state index in [1.165, 1.54) is 10.9 Å². The van der Waals surface area contributed by atoms with Crippen molar-refractivity contribution in [3.8, 4) is 0 Å². The summed E-state index contributed by atoms with van der Waals surface area (Å²) in [4.78, 5) is 3.17. The fourth-order valence-electron chi connectivity index (χ4n) is 1.72. The predicted molar refractivity (Wildman–Crippen MR) is 58.6 cm³/mol. The second-order valence-corrected chi connectivity index (χ2v) is 3.30. The third kappa shape index (κ3) is 1.46. The number of hydrogen-bond acceptors (Lipinski definition) is 2. The van der Waals surface area contributed by atoms with Crippen molar-refractivity contribution in [3.05, 3.63) is 30.0 Å². The van der Waals surface area contributed by atoms with Gasteiger partial charge in [-0.2, -0.15) is 0 Å². The van der Waals surface area contributed by atoms with Gasteiger partial charge < -0.3 is 15.4 Å². The van der Waals surface area contributed by atoms with Gasteiger partial charge in [0.25, 0.3) is 0 Å². The number of fused-ring (bicyclic) bond motifs is 1. The van der Waals surface area contributed by atoms with Crippen LogP contribution < -0.4 is 5.32 Å². The van der Waals surface area contributed by atoms with Gasteiger partial charge in [-0.05, 0) is 30.2 Å². The highest BCUT2D eigenvalue weighted by Crippen LogP contribution is 2.23. The smallest absolute Gasteiger partial charge is 0.0477 e. The zero-order chi connectivity index (χ0) is 9.97. The number of aromatic amines is 1. The summed E-state index contributed by atoms with van der Waals surface area (Å²) in [5.74, 6) is 0. The van der Waals surface area contributed by atoms with Crippen LogP contribution >= 0.6 is 0 Å². The molecule has 0 unspecified atom stereocenters. The highest BCUT2D eigenvalue weighted by atomic mass is 16.2. The SMILES string of the molecule is CNc1cc(CCO)c2cc[nH]c2c1. The summed E-state index contributed by atoms with van der Waals surface area (Å²) in [6.07, 6.45) is 2.62. The zero-order valence-corrected chi connectivity index (χ0v) is 8.17. The standard InChI is InChI=1S/C11H14N2O/c1-12-9-6-8(3-5-14)10-2-4-13-11(10)7-9/h2,4,6-7,12-14H,3,5H2,1H3. The third-order valence-corrected chi connectivity index (χ3v) is 2.42. The Bertz CT molecular complexity index is 434. The van der Waals surface area contributed by atoms with Gasteiger partial charge in [-0.3, -0.25) is 0 Å². The molecule has 2 aromatic rings. The van der Waals surface area contributed by atoms with E-state index in [-0.39, 0.29) is 6.61 Å². The number of nitrogens with one attached hydrogen (secondary N) is 2. The molecular formula is C11H14N2O. The monoisotopic (exact) mass is 190 g/mol. The molecule has 0 spiro atoms. The molecule has 0 radical (unpaired) electrons. The van der Waals surface area contributed by atoms with Crippen molar-refractivity contribution in [2.45, 2.75) is 6.42 Å². The molecule has 1 aromatic carbocycles. The molecule has 0 aliphatic rings. The quantitative estimate of drug-likeness (QED) is 0.690. The van der Waals surface area contributed by atoms with Crippen molar-refractivity contribution in [2.24, 2.45) is 0 Å². The van der Waals surface area contributed by atoms with Gasteiger partial charge in [0.15, 0.2) is 0 Å². The molecule has 1 heterocycles. The predicted octanol–water partition coefficient (Wildman–Crippen LogP) is 1.74. The third-order valence-electron chi connectivity index (χ3n) is 2.42. The lowest BCUT2D eigenvalue weighted by atomic mass is 10.1. The van der Waals surface area contributed by atoms with Crippen LogP contribution in [0.5, 0.6) is 0 Å². The fourth-order valence-corrected chi connectivity index (χ4v) is 1.72. The van der Waals surface area contributed by atoms with Gasteiger partial charge in [-0.25, -0.2) is 0 Å². The van der Waals surface area contributed by atoms with Gasteiger partial charge in [-0.15, -0.1) is 0 Å². The highest BCUT2D eigenvalue weighted by Gasteiger charge is 2.03. The van der Waals surface area contributed by atoms with Crippen LogP contribution in [0, 0.1) is 0 Å². The Morgan fingerprint density at radius 1 is 1.43 bits per heavy atom. The minimum absolute atomic E-state index is 0.188. The second-order valence-electron chi connectivity index (χ2n) is 3.30. The molecule has 0 fully saturated rings. The summed E-state index contributed by atoms with van der Waals surface area (Å²) in [5.41, 5.74) is 3.36. The second kappa shape index (κ2) is 3.72. The van der Waals surface area contributed by atoms with Crippen LogP contribution in [0.15, 0.2) is 24.4 Å². The molecule has 0 bridgehead atoms. The van der Waals surface area contributed by atoms with Gasteiger partial charge >= 0.3 is 0 Å². The Morgan fingerprint density at radius 2 is 2.29 bits per heavy atom. The number of H-pyrrole nitrogens is 1. The molecule has 14 heavy (non-hydrogen) atoms. The summed E-state index contributed by atoms with van der Waals surface area (Å²) in [5, 5.41) is 13.2. The fraction of sp³-hybridized carbons (Fsp3) is 0.273. The molecule has 0 amide bonds. The number of benzene rings is 1. The van der Waals surface area contributed by atoms with Crippen LogP contribution in [0.25, 0.3) is 10.9 Å². The summed E-state index contributed by atoms with van der Waals surface area (Å²) >= 11 is 0. The molecule has 3 nitrogen and oxygen atoms in total. The Labute approximate surface area is 82.8 Å². The number of aliphatic hydroxyl groups excluding tert-OH is 1. The van der Waals surface area contributed by atoms with E-state index in [1.54, 1.807) is 0 Å². The lowest BCUT2D eigenvalue weighted by molar-refractivity contribution is 0.300. The minimum Gasteiger partial charge on any atom is -0.396 e. The van der Waals surface area contributed by atoms with Gasteiger partial charge in [0.05, 0.1) is 0 Å². The Balaban J connectivity index is 2.58. The van der Waals surface area contributed by atoms with E-state index in [1.807, 2.05) is 19.3 Å². The average molecular weight is 190 g/mol. The molecule has 0 saturated heterocycles. The molecule has 3 N–H and O–H groups in total. The lowest BCUT2D eigenvalue weighted by Gasteiger charge is -2.05. The first-order valence-corrected chi connectivity index (χ1v) is 4.74. The van der Waals surface area contributed by atoms with Crippen molar-refractivity contribution in [1.29, 1.82) is 0 Å². The lowest BCUT2D eigenvalue weighted by Crippen LogP contribution is -1.94. The van der Waals surface area contributed by atoms with Crippen molar-refractivity contribution in [3.63, 3.8) is 0 Å². The van der Waals surface area contributed by atoms with E-state index in [2.05, 4.69) is 22.4 Å². The summed E-state index contributed by atoms with van der Waals surface area (Å²) < 4.78 is 0. The molecule has 0 aliphatic carbocycles. The molecule has 3 heteroatoms. The van der Waals surface area contributed by atoms with E-state index in [0.29, 0.717) is 6.42 Å². The maximum Gasteiger partial charge on any atom is 0.0477 e. The van der Waals surface area contributed by atoms with Crippen molar-refractivity contribution in [1.82, 2.24) is 4.98 Å². The first-order chi connectivity index (χ1) is 6.85. The van der Waals surface area contributed by atoms with E-state index in [0.717, 1.165) is 11.2 Å². The topological polar surface area (TPSA) is 48.0 Å². The Hall–Kier alpha value is -1.48. The maximum absolute atomic E-state index is 8.95. The number of rotatable bonds is 3. The van der Waals surface area contributed by atoms with Crippen LogP contribution in [0.4, 0.5) is 5.69 Å². The number of aromatic nitrogens is 1.